The molecule has 0 fully saturated rings. The normalized spacial score (nSPS) is 10.9. The molecule has 2 rings (SSSR count). The predicted molar refractivity (Wildman–Crippen MR) is 84.1 cm³/mol. The van der Waals surface area contributed by atoms with Crippen molar-refractivity contribution in [3.63, 3.8) is 0 Å². The van der Waals surface area contributed by atoms with Crippen molar-refractivity contribution in [1.29, 1.82) is 0 Å². The summed E-state index contributed by atoms with van der Waals surface area (Å²) in [6.45, 7) is 5.63. The van der Waals surface area contributed by atoms with E-state index in [9.17, 15) is 0 Å². The van der Waals surface area contributed by atoms with Crippen molar-refractivity contribution in [2.45, 2.75) is 58.9 Å². The summed E-state index contributed by atoms with van der Waals surface area (Å²) in [7, 11) is 0. The highest BCUT2D eigenvalue weighted by Crippen LogP contribution is 2.12. The molecule has 1 aromatic heterocycles. The lowest BCUT2D eigenvalue weighted by Gasteiger charge is -2.04. The average Bonchev–Trinajstić information content (AvgIpc) is 2.88. The van der Waals surface area contributed by atoms with Gasteiger partial charge < -0.3 is 0 Å². The maximum Gasteiger partial charge on any atom is 0.261 e. The molecule has 0 spiro atoms. The molecule has 0 unspecified atom stereocenters. The largest absolute Gasteiger partial charge is 0.261 e. The summed E-state index contributed by atoms with van der Waals surface area (Å²) < 4.78 is 4.76. The van der Waals surface area contributed by atoms with E-state index < -0.39 is 0 Å². The van der Waals surface area contributed by atoms with E-state index in [0.29, 0.717) is 0 Å². The van der Waals surface area contributed by atoms with E-state index >= 15 is 0 Å². The van der Waals surface area contributed by atoms with E-state index in [1.54, 1.807) is 0 Å². The maximum atomic E-state index is 2.42. The molecule has 0 atom stereocenters. The van der Waals surface area contributed by atoms with Crippen LogP contribution in [0.2, 0.25) is 0 Å². The highest BCUT2D eigenvalue weighted by Gasteiger charge is 2.17. The van der Waals surface area contributed by atoms with Gasteiger partial charge in [-0.15, -0.1) is 0 Å². The van der Waals surface area contributed by atoms with Crippen molar-refractivity contribution in [2.75, 3.05) is 0 Å². The van der Waals surface area contributed by atoms with Gasteiger partial charge in [0.2, 0.25) is 0 Å². The smallest absolute Gasteiger partial charge is 0.234 e. The van der Waals surface area contributed by atoms with E-state index in [4.69, 9.17) is 0 Å². The fraction of sp³-hybridized carbons (Fsp3) is 0.500. The number of hydrogen-bond acceptors (Lipinski definition) is 0. The molecule has 2 nitrogen and oxygen atoms in total. The van der Waals surface area contributed by atoms with Crippen LogP contribution in [0.4, 0.5) is 0 Å². The zero-order chi connectivity index (χ0) is 14.2. The van der Waals surface area contributed by atoms with Gasteiger partial charge in [-0.1, -0.05) is 51.3 Å². The second-order valence-corrected chi connectivity index (χ2v) is 5.42. The number of unbranched alkanes of at least 4 members (excludes halogenated alkanes) is 3. The monoisotopic (exact) mass is 271 g/mol. The first-order valence-corrected chi connectivity index (χ1v) is 8.02. The van der Waals surface area contributed by atoms with Gasteiger partial charge in [-0.25, -0.2) is 4.57 Å². The summed E-state index contributed by atoms with van der Waals surface area (Å²) in [5.41, 5.74) is 1.27. The molecule has 2 heteroatoms. The van der Waals surface area contributed by atoms with Gasteiger partial charge in [0.1, 0.15) is 18.1 Å². The van der Waals surface area contributed by atoms with Crippen LogP contribution in [-0.4, -0.2) is 4.57 Å². The molecule has 0 aliphatic rings. The summed E-state index contributed by atoms with van der Waals surface area (Å²) in [5, 5.41) is 0. The molecule has 0 aliphatic carbocycles. The Morgan fingerprint density at radius 2 is 1.75 bits per heavy atom. The van der Waals surface area contributed by atoms with Crippen LogP contribution in [-0.2, 0) is 13.0 Å². The number of benzene rings is 1. The van der Waals surface area contributed by atoms with Crippen LogP contribution in [0.5, 0.6) is 0 Å². The average molecular weight is 271 g/mol. The van der Waals surface area contributed by atoms with E-state index in [1.165, 1.54) is 50.0 Å². The molecule has 108 valence electrons. The van der Waals surface area contributed by atoms with Crippen LogP contribution in [0.3, 0.4) is 0 Å². The Hall–Kier alpha value is -1.57. The van der Waals surface area contributed by atoms with Crippen molar-refractivity contribution in [1.82, 2.24) is 4.57 Å². The molecular formula is C18H27N2+. The van der Waals surface area contributed by atoms with Gasteiger partial charge in [0.15, 0.2) is 0 Å². The number of nitrogens with zero attached hydrogens (tertiary/aromatic N) is 2. The summed E-state index contributed by atoms with van der Waals surface area (Å²) in [4.78, 5) is 0. The highest BCUT2D eigenvalue weighted by molar-refractivity contribution is 5.31. The van der Waals surface area contributed by atoms with E-state index in [-0.39, 0.29) is 0 Å². The van der Waals surface area contributed by atoms with Crippen molar-refractivity contribution < 1.29 is 4.57 Å². The third-order valence-corrected chi connectivity index (χ3v) is 3.76. The minimum Gasteiger partial charge on any atom is -0.234 e. The first-order chi connectivity index (χ1) is 9.86. The van der Waals surface area contributed by atoms with Gasteiger partial charge in [-0.2, -0.15) is 4.57 Å². The van der Waals surface area contributed by atoms with Gasteiger partial charge in [0.05, 0.1) is 6.54 Å². The van der Waals surface area contributed by atoms with Gasteiger partial charge >= 0.3 is 0 Å². The highest BCUT2D eigenvalue weighted by atomic mass is 15.1. The standard InChI is InChI=1S/C18H27N2/c1-3-5-6-10-13-18-19(14-4-2)15-16-20(18)17-11-8-7-9-12-17/h7-9,11-12,15-16H,3-6,10,13-14H2,1-2H3/q+1. The maximum absolute atomic E-state index is 2.42. The number of imidazole rings is 1. The zero-order valence-electron chi connectivity index (χ0n) is 12.9. The van der Waals surface area contributed by atoms with Crippen LogP contribution < -0.4 is 4.57 Å². The van der Waals surface area contributed by atoms with Gasteiger partial charge in [-0.05, 0) is 25.0 Å². The van der Waals surface area contributed by atoms with Crippen molar-refractivity contribution >= 4 is 0 Å². The predicted octanol–water partition coefficient (Wildman–Crippen LogP) is 4.30. The number of aryl methyl sites for hydroxylation is 1. The molecule has 0 aliphatic heterocycles. The number of rotatable bonds is 8. The van der Waals surface area contributed by atoms with Gasteiger partial charge in [-0.3, -0.25) is 0 Å². The first-order valence-electron chi connectivity index (χ1n) is 8.02. The Bertz CT molecular complexity index is 499. The summed E-state index contributed by atoms with van der Waals surface area (Å²) in [6, 6.07) is 10.7. The lowest BCUT2D eigenvalue weighted by Crippen LogP contribution is -2.36. The zero-order valence-corrected chi connectivity index (χ0v) is 12.9. The molecular weight excluding hydrogens is 244 g/mol. The SMILES string of the molecule is CCCCCCc1n(-c2ccccc2)cc[n+]1CCC. The molecule has 1 heterocycles. The van der Waals surface area contributed by atoms with E-state index in [1.807, 2.05) is 0 Å². The molecule has 0 saturated carbocycles. The van der Waals surface area contributed by atoms with Gasteiger partial charge in [0.25, 0.3) is 5.82 Å². The Kier molecular flexibility index (Phi) is 5.85. The topological polar surface area (TPSA) is 8.81 Å². The van der Waals surface area contributed by atoms with Crippen LogP contribution >= 0.6 is 0 Å². The fourth-order valence-electron chi connectivity index (χ4n) is 2.70. The van der Waals surface area contributed by atoms with Gasteiger partial charge in [0, 0.05) is 6.42 Å². The third-order valence-electron chi connectivity index (χ3n) is 3.76. The fourth-order valence-corrected chi connectivity index (χ4v) is 2.70. The first kappa shape index (κ1) is 14.8. The molecule has 0 saturated heterocycles. The Labute approximate surface area is 123 Å². The quantitative estimate of drug-likeness (QED) is 0.500. The molecule has 1 aromatic carbocycles. The summed E-state index contributed by atoms with van der Waals surface area (Å²) in [6.07, 6.45) is 12.1. The molecule has 0 amide bonds. The van der Waals surface area contributed by atoms with Crippen LogP contribution in [0, 0.1) is 0 Å². The third kappa shape index (κ3) is 3.72. The molecule has 2 aromatic rings. The Morgan fingerprint density at radius 1 is 0.950 bits per heavy atom. The number of aromatic nitrogens is 2. The summed E-state index contributed by atoms with van der Waals surface area (Å²) >= 11 is 0. The van der Waals surface area contributed by atoms with Crippen LogP contribution in [0.25, 0.3) is 5.69 Å². The van der Waals surface area contributed by atoms with E-state index in [0.717, 1.165) is 6.54 Å². The number of para-hydroxylation sites is 1. The molecule has 0 radical (unpaired) electrons. The lowest BCUT2D eigenvalue weighted by molar-refractivity contribution is -0.703. The Morgan fingerprint density at radius 3 is 2.45 bits per heavy atom. The van der Waals surface area contributed by atoms with E-state index in [2.05, 4.69) is 65.7 Å². The molecule has 20 heavy (non-hydrogen) atoms. The van der Waals surface area contributed by atoms with Crippen LogP contribution in [0.15, 0.2) is 42.7 Å². The molecule has 0 N–H and O–H groups in total. The minimum absolute atomic E-state index is 1.11. The number of hydrogen-bond donors (Lipinski definition) is 0. The Balaban J connectivity index is 2.18. The minimum atomic E-state index is 1.11. The van der Waals surface area contributed by atoms with Crippen molar-refractivity contribution in [3.05, 3.63) is 48.5 Å². The molecule has 0 bridgehead atoms. The van der Waals surface area contributed by atoms with Crippen molar-refractivity contribution in [2.24, 2.45) is 0 Å². The lowest BCUT2D eigenvalue weighted by atomic mass is 10.1. The van der Waals surface area contributed by atoms with Crippen molar-refractivity contribution in [3.8, 4) is 5.69 Å². The summed E-state index contributed by atoms with van der Waals surface area (Å²) in [5.74, 6) is 1.44. The van der Waals surface area contributed by atoms with Crippen LogP contribution in [0.1, 0.15) is 51.8 Å². The second-order valence-electron chi connectivity index (χ2n) is 5.42. The second kappa shape index (κ2) is 7.88.